The van der Waals surface area contributed by atoms with E-state index in [1.807, 2.05) is 13.8 Å². The first-order valence-electron chi connectivity index (χ1n) is 3.78. The largest absolute Gasteiger partial charge is 0.389 e. The van der Waals surface area contributed by atoms with Gasteiger partial charge in [0.15, 0.2) is 0 Å². The SMILES string of the molecule is CC(C)O[C@@H]1CS(=O)C[C@H]1O. The van der Waals surface area contributed by atoms with Crippen molar-refractivity contribution < 1.29 is 14.1 Å². The van der Waals surface area contributed by atoms with Gasteiger partial charge in [-0.1, -0.05) is 0 Å². The molecule has 1 aliphatic heterocycles. The molecule has 1 fully saturated rings. The first-order chi connectivity index (χ1) is 5.09. The van der Waals surface area contributed by atoms with E-state index in [9.17, 15) is 9.32 Å². The molecule has 0 radical (unpaired) electrons. The maximum Gasteiger partial charge on any atom is 0.0961 e. The van der Waals surface area contributed by atoms with Crippen LogP contribution in [0.15, 0.2) is 0 Å². The summed E-state index contributed by atoms with van der Waals surface area (Å²) in [5.41, 5.74) is 0. The lowest BCUT2D eigenvalue weighted by molar-refractivity contribution is -0.0383. The van der Waals surface area contributed by atoms with E-state index < -0.39 is 16.9 Å². The Balaban J connectivity index is 2.40. The smallest absolute Gasteiger partial charge is 0.0961 e. The molecule has 3 atom stereocenters. The van der Waals surface area contributed by atoms with Gasteiger partial charge >= 0.3 is 0 Å². The lowest BCUT2D eigenvalue weighted by Crippen LogP contribution is -2.29. The third-order valence-electron chi connectivity index (χ3n) is 1.58. The van der Waals surface area contributed by atoms with Crippen LogP contribution in [0.25, 0.3) is 0 Å². The van der Waals surface area contributed by atoms with Crippen molar-refractivity contribution in [2.24, 2.45) is 0 Å². The fourth-order valence-electron chi connectivity index (χ4n) is 1.14. The van der Waals surface area contributed by atoms with Crippen molar-refractivity contribution in [2.75, 3.05) is 11.5 Å². The average molecular weight is 178 g/mol. The average Bonchev–Trinajstić information content (AvgIpc) is 2.09. The van der Waals surface area contributed by atoms with Crippen LogP contribution in [0.3, 0.4) is 0 Å². The van der Waals surface area contributed by atoms with Gasteiger partial charge in [0.2, 0.25) is 0 Å². The summed E-state index contributed by atoms with van der Waals surface area (Å²) in [5, 5.41) is 9.29. The first kappa shape index (κ1) is 9.16. The number of aliphatic hydroxyl groups excluding tert-OH is 1. The molecule has 1 N–H and O–H groups in total. The Hall–Kier alpha value is 0.0700. The van der Waals surface area contributed by atoms with Crippen LogP contribution < -0.4 is 0 Å². The summed E-state index contributed by atoms with van der Waals surface area (Å²) in [6, 6.07) is 0. The molecule has 1 saturated heterocycles. The lowest BCUT2D eigenvalue weighted by Gasteiger charge is -2.16. The van der Waals surface area contributed by atoms with Gasteiger partial charge in [0, 0.05) is 10.8 Å². The predicted octanol–water partition coefficient (Wildman–Crippen LogP) is -0.0968. The van der Waals surface area contributed by atoms with Gasteiger partial charge in [-0.15, -0.1) is 0 Å². The minimum absolute atomic E-state index is 0.102. The highest BCUT2D eigenvalue weighted by molar-refractivity contribution is 7.85. The summed E-state index contributed by atoms with van der Waals surface area (Å²) in [6.07, 6.45) is -0.640. The topological polar surface area (TPSA) is 46.5 Å². The molecule has 4 heteroatoms. The van der Waals surface area contributed by atoms with E-state index in [1.165, 1.54) is 0 Å². The predicted molar refractivity (Wildman–Crippen MR) is 43.9 cm³/mol. The molecule has 1 rings (SSSR count). The van der Waals surface area contributed by atoms with Crippen LogP contribution >= 0.6 is 0 Å². The van der Waals surface area contributed by atoms with Crippen LogP contribution in [0, 0.1) is 0 Å². The van der Waals surface area contributed by atoms with Crippen molar-refractivity contribution in [3.8, 4) is 0 Å². The van der Waals surface area contributed by atoms with Gasteiger partial charge in [0.1, 0.15) is 0 Å². The zero-order valence-electron chi connectivity index (χ0n) is 6.82. The molecule has 0 aliphatic carbocycles. The van der Waals surface area contributed by atoms with Crippen molar-refractivity contribution in [3.63, 3.8) is 0 Å². The van der Waals surface area contributed by atoms with Crippen LogP contribution in [0.1, 0.15) is 13.8 Å². The lowest BCUT2D eigenvalue weighted by atomic mass is 10.2. The number of aliphatic hydroxyl groups is 1. The molecule has 0 bridgehead atoms. The van der Waals surface area contributed by atoms with E-state index in [2.05, 4.69) is 0 Å². The summed E-state index contributed by atoms with van der Waals surface area (Å²) in [7, 11) is -0.874. The summed E-state index contributed by atoms with van der Waals surface area (Å²) in [6.45, 7) is 3.82. The van der Waals surface area contributed by atoms with Gasteiger partial charge in [-0.3, -0.25) is 4.21 Å². The molecular formula is C7H14O3S. The third kappa shape index (κ3) is 2.54. The molecular weight excluding hydrogens is 164 g/mol. The maximum atomic E-state index is 10.9. The van der Waals surface area contributed by atoms with Crippen LogP contribution in [-0.2, 0) is 15.5 Å². The molecule has 1 heterocycles. The number of rotatable bonds is 2. The van der Waals surface area contributed by atoms with E-state index in [0.29, 0.717) is 11.5 Å². The molecule has 0 spiro atoms. The fourth-order valence-corrected chi connectivity index (χ4v) is 2.54. The van der Waals surface area contributed by atoms with Crippen LogP contribution in [0.5, 0.6) is 0 Å². The molecule has 66 valence electrons. The maximum absolute atomic E-state index is 10.9. The van der Waals surface area contributed by atoms with E-state index in [1.54, 1.807) is 0 Å². The van der Waals surface area contributed by atoms with Crippen molar-refractivity contribution in [1.82, 2.24) is 0 Å². The molecule has 11 heavy (non-hydrogen) atoms. The van der Waals surface area contributed by atoms with Crippen LogP contribution in [-0.4, -0.2) is 39.1 Å². The Morgan fingerprint density at radius 3 is 2.55 bits per heavy atom. The monoisotopic (exact) mass is 178 g/mol. The molecule has 1 aliphatic rings. The van der Waals surface area contributed by atoms with Gasteiger partial charge in [0.05, 0.1) is 29.8 Å². The summed E-state index contributed by atoms with van der Waals surface area (Å²) < 4.78 is 16.3. The highest BCUT2D eigenvalue weighted by Gasteiger charge is 2.31. The van der Waals surface area contributed by atoms with Crippen molar-refractivity contribution >= 4 is 10.8 Å². The van der Waals surface area contributed by atoms with Crippen LogP contribution in [0.2, 0.25) is 0 Å². The first-order valence-corrected chi connectivity index (χ1v) is 5.27. The second kappa shape index (κ2) is 3.65. The van der Waals surface area contributed by atoms with E-state index in [0.717, 1.165) is 0 Å². The van der Waals surface area contributed by atoms with Gasteiger partial charge in [-0.2, -0.15) is 0 Å². The van der Waals surface area contributed by atoms with Gasteiger partial charge in [0.25, 0.3) is 0 Å². The zero-order chi connectivity index (χ0) is 8.43. The molecule has 0 saturated carbocycles. The van der Waals surface area contributed by atoms with Crippen LogP contribution in [0.4, 0.5) is 0 Å². The fraction of sp³-hybridized carbons (Fsp3) is 1.00. The van der Waals surface area contributed by atoms with Crippen molar-refractivity contribution in [1.29, 1.82) is 0 Å². The molecule has 0 aromatic rings. The van der Waals surface area contributed by atoms with Crippen molar-refractivity contribution in [2.45, 2.75) is 32.2 Å². The molecule has 0 aromatic carbocycles. The van der Waals surface area contributed by atoms with Gasteiger partial charge in [-0.25, -0.2) is 0 Å². The van der Waals surface area contributed by atoms with E-state index >= 15 is 0 Å². The summed E-state index contributed by atoms with van der Waals surface area (Å²) in [5.74, 6) is 0.858. The van der Waals surface area contributed by atoms with Crippen molar-refractivity contribution in [3.05, 3.63) is 0 Å². The number of ether oxygens (including phenoxy) is 1. The zero-order valence-corrected chi connectivity index (χ0v) is 7.63. The number of hydrogen-bond acceptors (Lipinski definition) is 3. The summed E-state index contributed by atoms with van der Waals surface area (Å²) in [4.78, 5) is 0. The second-order valence-corrected chi connectivity index (χ2v) is 4.61. The minimum atomic E-state index is -0.874. The van der Waals surface area contributed by atoms with Gasteiger partial charge < -0.3 is 9.84 Å². The van der Waals surface area contributed by atoms with Gasteiger partial charge in [-0.05, 0) is 13.8 Å². The molecule has 3 nitrogen and oxygen atoms in total. The Labute approximate surface area is 69.2 Å². The summed E-state index contributed by atoms with van der Waals surface area (Å²) >= 11 is 0. The van der Waals surface area contributed by atoms with E-state index in [-0.39, 0.29) is 12.2 Å². The highest BCUT2D eigenvalue weighted by atomic mass is 32.2. The Kier molecular flexibility index (Phi) is 3.04. The molecule has 1 unspecified atom stereocenters. The van der Waals surface area contributed by atoms with E-state index in [4.69, 9.17) is 4.74 Å². The normalized spacial score (nSPS) is 38.4. The molecule has 0 amide bonds. The second-order valence-electron chi connectivity index (χ2n) is 3.06. The Bertz CT molecular complexity index is 158. The number of hydrogen-bond donors (Lipinski definition) is 1. The third-order valence-corrected chi connectivity index (χ3v) is 3.00. The Morgan fingerprint density at radius 2 is 2.18 bits per heavy atom. The highest BCUT2D eigenvalue weighted by Crippen LogP contribution is 2.13. The quantitative estimate of drug-likeness (QED) is 0.642. The Morgan fingerprint density at radius 1 is 1.55 bits per heavy atom. The minimum Gasteiger partial charge on any atom is -0.389 e. The molecule has 0 aromatic heterocycles. The standard InChI is InChI=1S/C7H14O3S/c1-5(2)10-7-4-11(9)3-6(7)8/h5-8H,3-4H2,1-2H3/t6-,7-,11?/m1/s1.